The number of amides is 1. The van der Waals surface area contributed by atoms with Crippen molar-refractivity contribution in [1.29, 1.82) is 0 Å². The number of morpholine rings is 1. The van der Waals surface area contributed by atoms with Crippen LogP contribution in [-0.2, 0) is 17.8 Å². The highest BCUT2D eigenvalue weighted by Crippen LogP contribution is 2.18. The van der Waals surface area contributed by atoms with E-state index in [0.717, 1.165) is 44.0 Å². The van der Waals surface area contributed by atoms with Gasteiger partial charge in [-0.3, -0.25) is 9.69 Å². The average Bonchev–Trinajstić information content (AvgIpc) is 2.73. The van der Waals surface area contributed by atoms with Gasteiger partial charge in [-0.2, -0.15) is 0 Å². The molecule has 1 fully saturated rings. The van der Waals surface area contributed by atoms with Crippen molar-refractivity contribution >= 4 is 11.6 Å². The summed E-state index contributed by atoms with van der Waals surface area (Å²) in [5.41, 5.74) is 4.23. The third-order valence-electron chi connectivity index (χ3n) is 5.60. The predicted octanol–water partition coefficient (Wildman–Crippen LogP) is 4.07. The average molecular weight is 410 g/mol. The Bertz CT molecular complexity index is 819. The van der Waals surface area contributed by atoms with Gasteiger partial charge in [0.15, 0.2) is 0 Å². The topological polar surface area (TPSA) is 44.8 Å². The van der Waals surface area contributed by atoms with E-state index in [1.54, 1.807) is 0 Å². The molecule has 5 nitrogen and oxygen atoms in total. The maximum Gasteiger partial charge on any atom is 0.251 e. The molecule has 30 heavy (non-hydrogen) atoms. The minimum absolute atomic E-state index is 0.0402. The molecule has 0 radical (unpaired) electrons. The molecule has 1 aliphatic heterocycles. The van der Waals surface area contributed by atoms with Crippen LogP contribution in [0.5, 0.6) is 0 Å². The van der Waals surface area contributed by atoms with Gasteiger partial charge < -0.3 is 15.0 Å². The molecule has 1 aliphatic rings. The monoisotopic (exact) mass is 409 g/mol. The van der Waals surface area contributed by atoms with Crippen LogP contribution < -0.4 is 10.2 Å². The summed E-state index contributed by atoms with van der Waals surface area (Å²) in [5.74, 6) is -0.0402. The van der Waals surface area contributed by atoms with Crippen LogP contribution in [0.1, 0.15) is 49.2 Å². The molecule has 1 saturated heterocycles. The molecule has 1 amide bonds. The number of hydrogen-bond donors (Lipinski definition) is 1. The molecule has 5 heteroatoms. The Hall–Kier alpha value is -2.37. The molecule has 0 bridgehead atoms. The number of nitrogens with one attached hydrogen (secondary N) is 1. The fraction of sp³-hybridized carbons (Fsp3) is 0.480. The number of benzene rings is 2. The highest BCUT2D eigenvalue weighted by atomic mass is 16.5. The van der Waals surface area contributed by atoms with E-state index in [1.165, 1.54) is 5.56 Å². The van der Waals surface area contributed by atoms with Gasteiger partial charge in [0.2, 0.25) is 0 Å². The zero-order valence-electron chi connectivity index (χ0n) is 18.7. The third-order valence-corrected chi connectivity index (χ3v) is 5.60. The van der Waals surface area contributed by atoms with Crippen molar-refractivity contribution in [1.82, 2.24) is 10.2 Å². The van der Waals surface area contributed by atoms with Gasteiger partial charge in [-0.15, -0.1) is 0 Å². The number of carbonyl (C=O) groups is 1. The number of hydrogen-bond acceptors (Lipinski definition) is 4. The molecule has 0 saturated carbocycles. The molecule has 1 N–H and O–H groups in total. The minimum atomic E-state index is -0.0402. The van der Waals surface area contributed by atoms with Crippen LogP contribution >= 0.6 is 0 Å². The van der Waals surface area contributed by atoms with Crippen LogP contribution in [0.2, 0.25) is 0 Å². The highest BCUT2D eigenvalue weighted by Gasteiger charge is 2.16. The third kappa shape index (κ3) is 6.07. The molecule has 2 aromatic carbocycles. The standard InChI is InChI=1S/C25H35N3O2/c1-5-28(19(2)3)24-11-9-23(10-12-24)25(29)26-16-21-7-6-8-22(15-21)18-27-13-14-30-20(4)17-27/h6-12,15,19-20H,5,13-14,16-18H2,1-4H3,(H,26,29). The number of carbonyl (C=O) groups excluding carboxylic acids is 1. The van der Waals surface area contributed by atoms with Crippen molar-refractivity contribution in [2.24, 2.45) is 0 Å². The van der Waals surface area contributed by atoms with Crippen LogP contribution in [0, 0.1) is 0 Å². The Labute approximate surface area is 181 Å². The van der Waals surface area contributed by atoms with Gasteiger partial charge in [0.05, 0.1) is 12.7 Å². The van der Waals surface area contributed by atoms with Gasteiger partial charge in [-0.05, 0) is 63.1 Å². The van der Waals surface area contributed by atoms with Crippen molar-refractivity contribution in [2.45, 2.75) is 52.9 Å². The summed E-state index contributed by atoms with van der Waals surface area (Å²) < 4.78 is 5.62. The fourth-order valence-corrected chi connectivity index (χ4v) is 4.06. The Morgan fingerprint density at radius 2 is 1.93 bits per heavy atom. The van der Waals surface area contributed by atoms with Gasteiger partial charge >= 0.3 is 0 Å². The first-order valence-corrected chi connectivity index (χ1v) is 11.0. The second-order valence-electron chi connectivity index (χ2n) is 8.35. The maximum absolute atomic E-state index is 12.6. The fourth-order valence-electron chi connectivity index (χ4n) is 4.06. The van der Waals surface area contributed by atoms with Gasteiger partial charge in [0.1, 0.15) is 0 Å². The second-order valence-corrected chi connectivity index (χ2v) is 8.35. The summed E-state index contributed by atoms with van der Waals surface area (Å²) in [7, 11) is 0. The van der Waals surface area contributed by atoms with Crippen molar-refractivity contribution in [2.75, 3.05) is 31.1 Å². The molecular formula is C25H35N3O2. The molecule has 0 aliphatic carbocycles. The van der Waals surface area contributed by atoms with Crippen molar-refractivity contribution in [3.63, 3.8) is 0 Å². The van der Waals surface area contributed by atoms with Crippen molar-refractivity contribution in [3.05, 3.63) is 65.2 Å². The van der Waals surface area contributed by atoms with E-state index in [2.05, 4.69) is 67.1 Å². The first-order chi connectivity index (χ1) is 14.5. The summed E-state index contributed by atoms with van der Waals surface area (Å²) in [6.07, 6.45) is 0.289. The van der Waals surface area contributed by atoms with Crippen LogP contribution in [0.4, 0.5) is 5.69 Å². The first kappa shape index (κ1) is 22.3. The quantitative estimate of drug-likeness (QED) is 0.714. The Kier molecular flexibility index (Phi) is 7.88. The van der Waals surface area contributed by atoms with Crippen LogP contribution in [0.15, 0.2) is 48.5 Å². The SMILES string of the molecule is CCN(c1ccc(C(=O)NCc2cccc(CN3CCOC(C)C3)c2)cc1)C(C)C. The van der Waals surface area contributed by atoms with Crippen molar-refractivity contribution < 1.29 is 9.53 Å². The van der Waals surface area contributed by atoms with E-state index in [9.17, 15) is 4.79 Å². The molecule has 1 heterocycles. The molecule has 3 rings (SSSR count). The molecule has 2 aromatic rings. The molecular weight excluding hydrogens is 374 g/mol. The predicted molar refractivity (Wildman–Crippen MR) is 123 cm³/mol. The molecule has 1 unspecified atom stereocenters. The lowest BCUT2D eigenvalue weighted by Gasteiger charge is -2.31. The van der Waals surface area contributed by atoms with E-state index < -0.39 is 0 Å². The largest absolute Gasteiger partial charge is 0.376 e. The van der Waals surface area contributed by atoms with Gasteiger partial charge in [0.25, 0.3) is 5.91 Å². The Morgan fingerprint density at radius 1 is 1.20 bits per heavy atom. The first-order valence-electron chi connectivity index (χ1n) is 11.0. The highest BCUT2D eigenvalue weighted by molar-refractivity contribution is 5.94. The van der Waals surface area contributed by atoms with Crippen molar-refractivity contribution in [3.8, 4) is 0 Å². The summed E-state index contributed by atoms with van der Waals surface area (Å²) in [6, 6.07) is 16.8. The lowest BCUT2D eigenvalue weighted by atomic mass is 10.1. The Balaban J connectivity index is 1.55. The van der Waals surface area contributed by atoms with Crippen LogP contribution in [0.3, 0.4) is 0 Å². The van der Waals surface area contributed by atoms with E-state index in [4.69, 9.17) is 4.74 Å². The Morgan fingerprint density at radius 3 is 2.60 bits per heavy atom. The number of nitrogens with zero attached hydrogens (tertiary/aromatic N) is 2. The lowest BCUT2D eigenvalue weighted by molar-refractivity contribution is -0.0212. The summed E-state index contributed by atoms with van der Waals surface area (Å²) in [6.45, 7) is 13.7. The van der Waals surface area contributed by atoms with E-state index in [-0.39, 0.29) is 12.0 Å². The van der Waals surface area contributed by atoms with Gasteiger partial charge in [0, 0.05) is 50.0 Å². The minimum Gasteiger partial charge on any atom is -0.376 e. The van der Waals surface area contributed by atoms with E-state index >= 15 is 0 Å². The molecule has 162 valence electrons. The number of ether oxygens (including phenoxy) is 1. The van der Waals surface area contributed by atoms with Crippen LogP contribution in [-0.4, -0.2) is 49.2 Å². The van der Waals surface area contributed by atoms with Gasteiger partial charge in [-0.25, -0.2) is 0 Å². The van der Waals surface area contributed by atoms with Gasteiger partial charge in [-0.1, -0.05) is 24.3 Å². The second kappa shape index (κ2) is 10.6. The van der Waals surface area contributed by atoms with E-state index in [0.29, 0.717) is 18.2 Å². The summed E-state index contributed by atoms with van der Waals surface area (Å²) >= 11 is 0. The van der Waals surface area contributed by atoms with Crippen LogP contribution in [0.25, 0.3) is 0 Å². The smallest absolute Gasteiger partial charge is 0.251 e. The summed E-state index contributed by atoms with van der Waals surface area (Å²) in [5, 5.41) is 3.05. The van der Waals surface area contributed by atoms with E-state index in [1.807, 2.05) is 24.3 Å². The lowest BCUT2D eigenvalue weighted by Crippen LogP contribution is -2.40. The number of anilines is 1. The maximum atomic E-state index is 12.6. The number of rotatable bonds is 8. The molecule has 0 aromatic heterocycles. The zero-order valence-corrected chi connectivity index (χ0v) is 18.7. The summed E-state index contributed by atoms with van der Waals surface area (Å²) in [4.78, 5) is 17.3. The molecule has 0 spiro atoms. The normalized spacial score (nSPS) is 17.2. The molecule has 1 atom stereocenters. The zero-order chi connectivity index (χ0) is 21.5.